The molecule has 2 heterocycles. The van der Waals surface area contributed by atoms with Crippen molar-refractivity contribution in [1.82, 2.24) is 15.2 Å². The molecule has 7 heteroatoms. The molecule has 1 aliphatic heterocycles. The van der Waals surface area contributed by atoms with E-state index in [1.54, 1.807) is 30.6 Å². The first kappa shape index (κ1) is 20.1. The Bertz CT molecular complexity index is 792. The van der Waals surface area contributed by atoms with Crippen molar-refractivity contribution in [3.63, 3.8) is 0 Å². The number of nitrogens with zero attached hydrogens (tertiary/aromatic N) is 2. The molecule has 1 saturated heterocycles. The number of para-hydroxylation sites is 1. The van der Waals surface area contributed by atoms with E-state index in [1.165, 1.54) is 0 Å². The highest BCUT2D eigenvalue weighted by Gasteiger charge is 2.24. The van der Waals surface area contributed by atoms with E-state index in [2.05, 4.69) is 10.3 Å². The van der Waals surface area contributed by atoms with Crippen molar-refractivity contribution in [1.29, 1.82) is 0 Å². The van der Waals surface area contributed by atoms with Crippen molar-refractivity contribution in [3.8, 4) is 5.75 Å². The molecule has 2 amide bonds. The van der Waals surface area contributed by atoms with Crippen molar-refractivity contribution in [3.05, 3.63) is 59.4 Å². The van der Waals surface area contributed by atoms with Crippen LogP contribution in [0.5, 0.6) is 5.75 Å². The van der Waals surface area contributed by atoms with Gasteiger partial charge >= 0.3 is 0 Å². The van der Waals surface area contributed by atoms with E-state index in [1.807, 2.05) is 23.1 Å². The minimum absolute atomic E-state index is 0.0154. The van der Waals surface area contributed by atoms with Crippen molar-refractivity contribution < 1.29 is 14.3 Å². The van der Waals surface area contributed by atoms with Crippen LogP contribution in [0.3, 0.4) is 0 Å². The zero-order valence-corrected chi connectivity index (χ0v) is 16.4. The fourth-order valence-electron chi connectivity index (χ4n) is 3.18. The molecule has 6 nitrogen and oxygen atoms in total. The monoisotopic (exact) mass is 401 g/mol. The number of carbonyl (C=O) groups excluding carboxylic acids is 2. The Morgan fingerprint density at radius 1 is 1.14 bits per heavy atom. The number of likely N-dealkylation sites (tertiary alicyclic amines) is 1. The van der Waals surface area contributed by atoms with Crippen LogP contribution in [0.1, 0.15) is 36.0 Å². The topological polar surface area (TPSA) is 71.5 Å². The van der Waals surface area contributed by atoms with Gasteiger partial charge in [-0.15, -0.1) is 0 Å². The second-order valence-electron chi connectivity index (χ2n) is 6.75. The summed E-state index contributed by atoms with van der Waals surface area (Å²) >= 11 is 6.03. The van der Waals surface area contributed by atoms with E-state index in [-0.39, 0.29) is 17.9 Å². The molecule has 1 aromatic heterocycles. The van der Waals surface area contributed by atoms with E-state index in [0.29, 0.717) is 48.9 Å². The molecule has 0 unspecified atom stereocenters. The molecule has 1 aromatic carbocycles. The fraction of sp³-hybridized carbons (Fsp3) is 0.381. The smallest absolute Gasteiger partial charge is 0.253 e. The Balaban J connectivity index is 1.34. The highest BCUT2D eigenvalue weighted by atomic mass is 35.5. The van der Waals surface area contributed by atoms with Crippen molar-refractivity contribution >= 4 is 23.4 Å². The van der Waals surface area contributed by atoms with Crippen molar-refractivity contribution in [2.45, 2.75) is 31.7 Å². The largest absolute Gasteiger partial charge is 0.492 e. The summed E-state index contributed by atoms with van der Waals surface area (Å²) in [6, 6.07) is 10.8. The Kier molecular flexibility index (Phi) is 7.25. The second-order valence-corrected chi connectivity index (χ2v) is 7.16. The third-order valence-electron chi connectivity index (χ3n) is 4.72. The van der Waals surface area contributed by atoms with E-state index < -0.39 is 0 Å². The van der Waals surface area contributed by atoms with Gasteiger partial charge < -0.3 is 15.0 Å². The van der Waals surface area contributed by atoms with Gasteiger partial charge in [0.15, 0.2) is 0 Å². The van der Waals surface area contributed by atoms with Gasteiger partial charge in [0.05, 0.1) is 11.6 Å². The predicted molar refractivity (Wildman–Crippen MR) is 107 cm³/mol. The third kappa shape index (κ3) is 5.70. The van der Waals surface area contributed by atoms with Crippen LogP contribution >= 0.6 is 11.6 Å². The molecule has 0 spiro atoms. The number of benzene rings is 1. The van der Waals surface area contributed by atoms with Gasteiger partial charge in [-0.05, 0) is 43.5 Å². The lowest BCUT2D eigenvalue weighted by atomic mass is 10.0. The first-order valence-electron chi connectivity index (χ1n) is 9.49. The lowest BCUT2D eigenvalue weighted by Gasteiger charge is -2.32. The maximum absolute atomic E-state index is 12.4. The maximum Gasteiger partial charge on any atom is 0.253 e. The summed E-state index contributed by atoms with van der Waals surface area (Å²) in [4.78, 5) is 30.3. The Morgan fingerprint density at radius 2 is 1.86 bits per heavy atom. The van der Waals surface area contributed by atoms with E-state index in [9.17, 15) is 9.59 Å². The van der Waals surface area contributed by atoms with Crippen LogP contribution in [0.15, 0.2) is 48.8 Å². The number of amides is 2. The summed E-state index contributed by atoms with van der Waals surface area (Å²) in [5.74, 6) is 0.668. The summed E-state index contributed by atoms with van der Waals surface area (Å²) < 4.78 is 5.60. The van der Waals surface area contributed by atoms with E-state index in [0.717, 1.165) is 12.8 Å². The molecule has 28 heavy (non-hydrogen) atoms. The molecule has 0 atom stereocenters. The molecular formula is C21H24ClN3O3. The van der Waals surface area contributed by atoms with Gasteiger partial charge in [-0.25, -0.2) is 0 Å². The average molecular weight is 402 g/mol. The summed E-state index contributed by atoms with van der Waals surface area (Å²) in [6.45, 7) is 1.72. The van der Waals surface area contributed by atoms with Gasteiger partial charge in [-0.2, -0.15) is 0 Å². The molecule has 3 rings (SSSR count). The Labute approximate surface area is 169 Å². The molecule has 0 aliphatic carbocycles. The van der Waals surface area contributed by atoms with Gasteiger partial charge in [-0.1, -0.05) is 23.7 Å². The average Bonchev–Trinajstić information content (AvgIpc) is 2.73. The third-order valence-corrected chi connectivity index (χ3v) is 5.03. The molecule has 148 valence electrons. The summed E-state index contributed by atoms with van der Waals surface area (Å²) in [7, 11) is 0. The van der Waals surface area contributed by atoms with Crippen LogP contribution in [-0.2, 0) is 4.79 Å². The zero-order valence-electron chi connectivity index (χ0n) is 15.6. The first-order chi connectivity index (χ1) is 13.6. The van der Waals surface area contributed by atoms with Crippen molar-refractivity contribution in [2.24, 2.45) is 0 Å². The maximum atomic E-state index is 12.4. The lowest BCUT2D eigenvalue weighted by Crippen LogP contribution is -2.46. The van der Waals surface area contributed by atoms with Gasteiger partial charge in [0.25, 0.3) is 5.91 Å². The fourth-order valence-corrected chi connectivity index (χ4v) is 3.37. The normalized spacial score (nSPS) is 14.5. The van der Waals surface area contributed by atoms with Crippen LogP contribution in [0, 0.1) is 0 Å². The lowest BCUT2D eigenvalue weighted by molar-refractivity contribution is -0.122. The standard InChI is InChI=1S/C21H24ClN3O3/c22-18-4-1-2-5-19(18)28-15-3-6-20(26)24-17-9-13-25(14-10-17)21(27)16-7-11-23-12-8-16/h1-2,4-5,7-8,11-12,17H,3,6,9-10,13-15H2,(H,24,26). The number of hydrogen-bond acceptors (Lipinski definition) is 4. The van der Waals surface area contributed by atoms with Crippen LogP contribution < -0.4 is 10.1 Å². The number of hydrogen-bond donors (Lipinski definition) is 1. The van der Waals surface area contributed by atoms with Crippen molar-refractivity contribution in [2.75, 3.05) is 19.7 Å². The van der Waals surface area contributed by atoms with Crippen LogP contribution in [-0.4, -0.2) is 47.4 Å². The summed E-state index contributed by atoms with van der Waals surface area (Å²) in [5, 5.41) is 3.63. The molecule has 1 N–H and O–H groups in total. The zero-order chi connectivity index (χ0) is 19.8. The van der Waals surface area contributed by atoms with E-state index in [4.69, 9.17) is 16.3 Å². The van der Waals surface area contributed by atoms with Gasteiger partial charge in [0.1, 0.15) is 5.75 Å². The number of ether oxygens (including phenoxy) is 1. The predicted octanol–water partition coefficient (Wildman–Crippen LogP) is 3.32. The minimum atomic E-state index is 0.0154. The number of aromatic nitrogens is 1. The second kappa shape index (κ2) is 10.1. The highest BCUT2D eigenvalue weighted by molar-refractivity contribution is 6.32. The number of pyridine rings is 1. The van der Waals surface area contributed by atoms with Crippen LogP contribution in [0.25, 0.3) is 0 Å². The summed E-state index contributed by atoms with van der Waals surface area (Å²) in [5.41, 5.74) is 0.649. The molecule has 0 saturated carbocycles. The first-order valence-corrected chi connectivity index (χ1v) is 9.87. The highest BCUT2D eigenvalue weighted by Crippen LogP contribution is 2.23. The number of carbonyl (C=O) groups is 2. The molecule has 0 radical (unpaired) electrons. The number of rotatable bonds is 7. The molecule has 1 fully saturated rings. The molecule has 2 aromatic rings. The van der Waals surface area contributed by atoms with E-state index >= 15 is 0 Å². The molecule has 1 aliphatic rings. The Hall–Kier alpha value is -2.60. The summed E-state index contributed by atoms with van der Waals surface area (Å²) in [6.07, 6.45) is 5.79. The Morgan fingerprint density at radius 3 is 2.57 bits per heavy atom. The molecular weight excluding hydrogens is 378 g/mol. The quantitative estimate of drug-likeness (QED) is 0.722. The number of nitrogens with one attached hydrogen (secondary N) is 1. The van der Waals surface area contributed by atoms with Crippen LogP contribution in [0.2, 0.25) is 5.02 Å². The van der Waals surface area contributed by atoms with Gasteiger partial charge in [0, 0.05) is 43.5 Å². The van der Waals surface area contributed by atoms with Gasteiger partial charge in [0.2, 0.25) is 5.91 Å². The molecule has 0 bridgehead atoms. The SMILES string of the molecule is O=C(CCCOc1ccccc1Cl)NC1CCN(C(=O)c2ccncc2)CC1. The van der Waals surface area contributed by atoms with Crippen LogP contribution in [0.4, 0.5) is 0 Å². The van der Waals surface area contributed by atoms with Gasteiger partial charge in [-0.3, -0.25) is 14.6 Å². The minimum Gasteiger partial charge on any atom is -0.492 e. The number of halogens is 1. The number of piperidine rings is 1.